The lowest BCUT2D eigenvalue weighted by Gasteiger charge is -2.36. The lowest BCUT2D eigenvalue weighted by molar-refractivity contribution is -0.130. The molecule has 1 aliphatic carbocycles. The van der Waals surface area contributed by atoms with Crippen LogP contribution in [0.25, 0.3) is 0 Å². The minimum atomic E-state index is -0.501. The van der Waals surface area contributed by atoms with Gasteiger partial charge in [-0.25, -0.2) is 9.97 Å². The Morgan fingerprint density at radius 1 is 1.22 bits per heavy atom. The summed E-state index contributed by atoms with van der Waals surface area (Å²) in [5, 5.41) is 13.7. The average molecular weight is 461 g/mol. The molecule has 174 valence electrons. The Morgan fingerprint density at radius 3 is 2.50 bits per heavy atom. The van der Waals surface area contributed by atoms with Gasteiger partial charge in [-0.15, -0.1) is 0 Å². The van der Waals surface area contributed by atoms with E-state index in [2.05, 4.69) is 27.1 Å². The summed E-state index contributed by atoms with van der Waals surface area (Å²) in [5.74, 6) is 1.29. The number of rotatable bonds is 5. The van der Waals surface area contributed by atoms with Crippen LogP contribution in [0.5, 0.6) is 0 Å². The maximum absolute atomic E-state index is 12.6. The monoisotopic (exact) mass is 460 g/mol. The second kappa shape index (κ2) is 11.6. The van der Waals surface area contributed by atoms with Crippen LogP contribution in [-0.4, -0.2) is 72.2 Å². The summed E-state index contributed by atoms with van der Waals surface area (Å²) in [6.07, 6.45) is 2.12. The Kier molecular flexibility index (Phi) is 8.81. The summed E-state index contributed by atoms with van der Waals surface area (Å²) in [6, 6.07) is 7.42. The Labute approximate surface area is 194 Å². The normalized spacial score (nSPS) is 19.9. The number of hydrogen-bond donors (Lipinski definition) is 3. The fraction of sp³-hybridized carbons (Fsp3) is 0.522. The highest BCUT2D eigenvalue weighted by atomic mass is 35.5. The zero-order valence-electron chi connectivity index (χ0n) is 18.8. The molecule has 1 unspecified atom stereocenters. The van der Waals surface area contributed by atoms with E-state index in [-0.39, 0.29) is 11.8 Å². The number of aromatic nitrogens is 2. The summed E-state index contributed by atoms with van der Waals surface area (Å²) >= 11 is 5.90. The highest BCUT2D eigenvalue weighted by Gasteiger charge is 2.33. The van der Waals surface area contributed by atoms with Gasteiger partial charge in [0.1, 0.15) is 12.1 Å². The van der Waals surface area contributed by atoms with Crippen molar-refractivity contribution in [3.05, 3.63) is 52.4 Å². The van der Waals surface area contributed by atoms with Crippen molar-refractivity contribution in [2.24, 2.45) is 5.73 Å². The van der Waals surface area contributed by atoms with Crippen LogP contribution in [0, 0.1) is 0 Å². The molecule has 0 radical (unpaired) electrons. The number of nitrogens with one attached hydrogen (secondary N) is 1. The van der Waals surface area contributed by atoms with Gasteiger partial charge < -0.3 is 26.0 Å². The summed E-state index contributed by atoms with van der Waals surface area (Å²) in [6.45, 7) is 6.56. The lowest BCUT2D eigenvalue weighted by atomic mass is 10.1. The molecule has 2 aromatic rings. The van der Waals surface area contributed by atoms with E-state index in [0.717, 1.165) is 48.8 Å². The van der Waals surface area contributed by atoms with Crippen LogP contribution >= 0.6 is 11.6 Å². The van der Waals surface area contributed by atoms with Gasteiger partial charge in [-0.05, 0) is 37.1 Å². The van der Waals surface area contributed by atoms with Crippen molar-refractivity contribution >= 4 is 23.3 Å². The Balaban J connectivity index is 0.000000523. The van der Waals surface area contributed by atoms with E-state index < -0.39 is 6.10 Å². The van der Waals surface area contributed by atoms with Gasteiger partial charge in [0, 0.05) is 49.9 Å². The van der Waals surface area contributed by atoms with Crippen molar-refractivity contribution in [3.8, 4) is 0 Å². The predicted octanol–water partition coefficient (Wildman–Crippen LogP) is 1.73. The number of piperazine rings is 1. The largest absolute Gasteiger partial charge is 0.387 e. The molecule has 8 nitrogen and oxygen atoms in total. The van der Waals surface area contributed by atoms with Gasteiger partial charge in [0.25, 0.3) is 0 Å². The van der Waals surface area contributed by atoms with Crippen molar-refractivity contribution < 1.29 is 9.90 Å². The molecule has 32 heavy (non-hydrogen) atoms. The fourth-order valence-corrected chi connectivity index (χ4v) is 4.28. The molecule has 4 N–H and O–H groups in total. The van der Waals surface area contributed by atoms with Gasteiger partial charge in [0.15, 0.2) is 0 Å². The van der Waals surface area contributed by atoms with E-state index in [4.69, 9.17) is 17.3 Å². The molecule has 1 aromatic carbocycles. The number of fused-ring (bicyclic) bond motifs is 1. The van der Waals surface area contributed by atoms with Crippen molar-refractivity contribution in [1.82, 2.24) is 20.2 Å². The molecule has 2 atom stereocenters. The van der Waals surface area contributed by atoms with E-state index >= 15 is 0 Å². The first-order chi connectivity index (χ1) is 15.4. The Hall–Kier alpha value is -2.26. The molecule has 1 amide bonds. The van der Waals surface area contributed by atoms with Crippen LogP contribution in [0.2, 0.25) is 5.02 Å². The van der Waals surface area contributed by atoms with Crippen molar-refractivity contribution in [3.63, 3.8) is 0 Å². The van der Waals surface area contributed by atoms with Crippen LogP contribution in [0.15, 0.2) is 30.6 Å². The van der Waals surface area contributed by atoms with E-state index in [0.29, 0.717) is 31.0 Å². The summed E-state index contributed by atoms with van der Waals surface area (Å²) in [5.41, 5.74) is 7.87. The first-order valence-corrected chi connectivity index (χ1v) is 11.5. The third-order valence-corrected chi connectivity index (χ3v) is 6.13. The summed E-state index contributed by atoms with van der Waals surface area (Å²) in [4.78, 5) is 25.5. The first kappa shape index (κ1) is 24.4. The molecule has 9 heteroatoms. The van der Waals surface area contributed by atoms with Crippen molar-refractivity contribution in [1.29, 1.82) is 0 Å². The number of likely N-dealkylation sites (N-methyl/N-ethyl adjacent to an activating group) is 1. The SMILES string of the molecule is CNCCN.C[C@@H]1CC(O)c2ncnc(N3CCN(C(=O)Cc4ccc(Cl)cc4)CC3)c21. The number of nitrogens with two attached hydrogens (primary N) is 1. The molecule has 0 bridgehead atoms. The van der Waals surface area contributed by atoms with E-state index in [1.165, 1.54) is 6.33 Å². The zero-order valence-corrected chi connectivity index (χ0v) is 19.6. The number of anilines is 1. The molecule has 2 aliphatic rings. The zero-order chi connectivity index (χ0) is 23.1. The molecule has 2 heterocycles. The van der Waals surface area contributed by atoms with Crippen LogP contribution in [-0.2, 0) is 11.2 Å². The molecule has 1 aromatic heterocycles. The van der Waals surface area contributed by atoms with Crippen molar-refractivity contribution in [2.45, 2.75) is 31.8 Å². The number of halogens is 1. The fourth-order valence-electron chi connectivity index (χ4n) is 4.15. The third-order valence-electron chi connectivity index (χ3n) is 5.87. The predicted molar refractivity (Wildman–Crippen MR) is 127 cm³/mol. The summed E-state index contributed by atoms with van der Waals surface area (Å²) in [7, 11) is 1.88. The maximum Gasteiger partial charge on any atom is 0.227 e. The van der Waals surface area contributed by atoms with Gasteiger partial charge in [0.2, 0.25) is 5.91 Å². The second-order valence-electron chi connectivity index (χ2n) is 8.21. The van der Waals surface area contributed by atoms with Gasteiger partial charge in [0.05, 0.1) is 18.2 Å². The first-order valence-electron chi connectivity index (χ1n) is 11.1. The van der Waals surface area contributed by atoms with Gasteiger partial charge in [-0.1, -0.05) is 30.7 Å². The second-order valence-corrected chi connectivity index (χ2v) is 8.65. The van der Waals surface area contributed by atoms with Crippen LogP contribution < -0.4 is 16.0 Å². The molecule has 1 fully saturated rings. The van der Waals surface area contributed by atoms with E-state index in [1.54, 1.807) is 0 Å². The Morgan fingerprint density at radius 2 is 1.91 bits per heavy atom. The standard InChI is InChI=1S/C20H23ClN4O2.C3H10N2/c1-13-10-16(26)19-18(13)20(23-12-22-19)25-8-6-24(7-9-25)17(27)11-14-2-4-15(21)5-3-14;1-5-3-2-4/h2-5,12-13,16,26H,6-11H2,1H3;5H,2-4H2,1H3/t13-,16?;/m1./s1. The molecule has 0 spiro atoms. The highest BCUT2D eigenvalue weighted by molar-refractivity contribution is 6.30. The molecular formula is C23H33ClN6O2. The van der Waals surface area contributed by atoms with Gasteiger partial charge >= 0.3 is 0 Å². The maximum atomic E-state index is 12.6. The smallest absolute Gasteiger partial charge is 0.227 e. The number of aliphatic hydroxyl groups excluding tert-OH is 1. The number of benzene rings is 1. The lowest BCUT2D eigenvalue weighted by Crippen LogP contribution is -2.49. The average Bonchev–Trinajstić information content (AvgIpc) is 3.10. The molecule has 1 saturated heterocycles. The highest BCUT2D eigenvalue weighted by Crippen LogP contribution is 2.42. The number of amides is 1. The molecular weight excluding hydrogens is 428 g/mol. The molecule has 0 saturated carbocycles. The van der Waals surface area contributed by atoms with Crippen LogP contribution in [0.4, 0.5) is 5.82 Å². The van der Waals surface area contributed by atoms with E-state index in [1.807, 2.05) is 36.2 Å². The molecule has 4 rings (SSSR count). The number of hydrogen-bond acceptors (Lipinski definition) is 7. The number of nitrogens with zero attached hydrogens (tertiary/aromatic N) is 4. The summed E-state index contributed by atoms with van der Waals surface area (Å²) < 4.78 is 0. The van der Waals surface area contributed by atoms with Crippen LogP contribution in [0.3, 0.4) is 0 Å². The van der Waals surface area contributed by atoms with Crippen LogP contribution in [0.1, 0.15) is 42.2 Å². The minimum absolute atomic E-state index is 0.133. The number of carbonyl (C=O) groups is 1. The third kappa shape index (κ3) is 5.95. The van der Waals surface area contributed by atoms with E-state index in [9.17, 15) is 9.90 Å². The van der Waals surface area contributed by atoms with Crippen molar-refractivity contribution in [2.75, 3.05) is 51.2 Å². The molecule has 1 aliphatic heterocycles. The quantitative estimate of drug-likeness (QED) is 0.623. The number of aliphatic hydroxyl groups is 1. The van der Waals surface area contributed by atoms with Gasteiger partial charge in [-0.2, -0.15) is 0 Å². The minimum Gasteiger partial charge on any atom is -0.387 e. The topological polar surface area (TPSA) is 108 Å². The van der Waals surface area contributed by atoms with Gasteiger partial charge in [-0.3, -0.25) is 4.79 Å². The number of carbonyl (C=O) groups excluding carboxylic acids is 1. The Bertz CT molecular complexity index is 885.